The summed E-state index contributed by atoms with van der Waals surface area (Å²) in [4.78, 5) is 21.8. The predicted octanol–water partition coefficient (Wildman–Crippen LogP) is 6.20. The Hall–Kier alpha value is -3.68. The smallest absolute Gasteiger partial charge is 0.411 e. The molecule has 8 heteroatoms. The summed E-state index contributed by atoms with van der Waals surface area (Å²) >= 11 is 0. The molecule has 3 fully saturated rings. The standard InChI is InChI=1S/C29H29F2N3O3/c1-17-28(20-6-9-23(30)24(31)15-20)37-29(35)34(17)16-25-21(8-11-27(32-25)33-12-3-13-33)22-14-19(18-4-5-18)7-10-26(22)36-2/h6-11,14-15,17-18,28H,3-5,12-13,16H2,1-2H3/t17-,28-/m0/s1. The number of hydrogen-bond donors (Lipinski definition) is 0. The number of methoxy groups -OCH3 is 1. The summed E-state index contributed by atoms with van der Waals surface area (Å²) in [5, 5.41) is 0. The summed E-state index contributed by atoms with van der Waals surface area (Å²) in [5.41, 5.74) is 4.29. The fourth-order valence-electron chi connectivity index (χ4n) is 5.19. The molecule has 2 aromatic carbocycles. The quantitative estimate of drug-likeness (QED) is 0.382. The molecule has 0 radical (unpaired) electrons. The van der Waals surface area contributed by atoms with Crippen molar-refractivity contribution >= 4 is 11.9 Å². The van der Waals surface area contributed by atoms with Crippen molar-refractivity contribution in [2.45, 2.75) is 50.8 Å². The Bertz CT molecular complexity index is 1360. The maximum absolute atomic E-state index is 13.9. The highest BCUT2D eigenvalue weighted by molar-refractivity contribution is 5.76. The summed E-state index contributed by atoms with van der Waals surface area (Å²) < 4.78 is 38.8. The van der Waals surface area contributed by atoms with Crippen molar-refractivity contribution in [3.63, 3.8) is 0 Å². The first kappa shape index (κ1) is 23.7. The van der Waals surface area contributed by atoms with Gasteiger partial charge in [-0.2, -0.15) is 0 Å². The molecule has 192 valence electrons. The molecule has 37 heavy (non-hydrogen) atoms. The van der Waals surface area contributed by atoms with Crippen molar-refractivity contribution in [3.8, 4) is 16.9 Å². The van der Waals surface area contributed by atoms with Crippen LogP contribution in [0.15, 0.2) is 48.5 Å². The lowest BCUT2D eigenvalue weighted by Crippen LogP contribution is -2.38. The Morgan fingerprint density at radius 2 is 1.78 bits per heavy atom. The van der Waals surface area contributed by atoms with Crippen LogP contribution in [0.4, 0.5) is 19.4 Å². The van der Waals surface area contributed by atoms with E-state index in [2.05, 4.69) is 23.1 Å². The summed E-state index contributed by atoms with van der Waals surface area (Å²) in [6, 6.07) is 13.6. The van der Waals surface area contributed by atoms with Crippen LogP contribution in [0.2, 0.25) is 0 Å². The first-order chi connectivity index (χ1) is 17.9. The normalized spacial score (nSPS) is 21.1. The monoisotopic (exact) mass is 505 g/mol. The minimum absolute atomic E-state index is 0.216. The lowest BCUT2D eigenvalue weighted by Gasteiger charge is -2.33. The molecule has 1 aliphatic carbocycles. The lowest BCUT2D eigenvalue weighted by molar-refractivity contribution is 0.130. The molecule has 0 unspecified atom stereocenters. The number of carbonyl (C=O) groups excluding carboxylic acids is 1. The van der Waals surface area contributed by atoms with E-state index in [-0.39, 0.29) is 6.54 Å². The molecule has 6 nitrogen and oxygen atoms in total. The maximum Gasteiger partial charge on any atom is 0.411 e. The molecular formula is C29H29F2N3O3. The number of nitrogens with zero attached hydrogens (tertiary/aromatic N) is 3. The largest absolute Gasteiger partial charge is 0.496 e. The molecule has 0 spiro atoms. The van der Waals surface area contributed by atoms with Crippen LogP contribution >= 0.6 is 0 Å². The molecule has 3 aromatic rings. The number of hydrogen-bond acceptors (Lipinski definition) is 5. The third-order valence-electron chi connectivity index (χ3n) is 7.69. The van der Waals surface area contributed by atoms with Gasteiger partial charge in [-0.3, -0.25) is 4.90 Å². The van der Waals surface area contributed by atoms with E-state index < -0.39 is 29.9 Å². The predicted molar refractivity (Wildman–Crippen MR) is 136 cm³/mol. The van der Waals surface area contributed by atoms with E-state index in [4.69, 9.17) is 14.5 Å². The molecule has 1 aromatic heterocycles. The van der Waals surface area contributed by atoms with Crippen LogP contribution in [0.5, 0.6) is 5.75 Å². The molecule has 3 aliphatic rings. The van der Waals surface area contributed by atoms with Crippen molar-refractivity contribution in [2.24, 2.45) is 0 Å². The molecule has 0 N–H and O–H groups in total. The molecule has 1 amide bonds. The number of cyclic esters (lactones) is 1. The highest BCUT2D eigenvalue weighted by Crippen LogP contribution is 2.44. The van der Waals surface area contributed by atoms with Gasteiger partial charge in [0.25, 0.3) is 0 Å². The number of rotatable bonds is 7. The van der Waals surface area contributed by atoms with Crippen LogP contribution in [0.1, 0.15) is 55.0 Å². The highest BCUT2D eigenvalue weighted by atomic mass is 19.2. The topological polar surface area (TPSA) is 54.9 Å². The Labute approximate surface area is 214 Å². The molecule has 2 aliphatic heterocycles. The molecule has 3 heterocycles. The van der Waals surface area contributed by atoms with Gasteiger partial charge >= 0.3 is 6.09 Å². The molecule has 2 saturated heterocycles. The zero-order chi connectivity index (χ0) is 25.7. The third kappa shape index (κ3) is 4.38. The molecule has 0 bridgehead atoms. The van der Waals surface area contributed by atoms with Crippen LogP contribution in [-0.4, -0.2) is 42.2 Å². The van der Waals surface area contributed by atoms with Crippen molar-refractivity contribution in [1.82, 2.24) is 9.88 Å². The number of pyridine rings is 1. The number of carbonyl (C=O) groups is 1. The van der Waals surface area contributed by atoms with Gasteiger partial charge in [0, 0.05) is 24.2 Å². The average molecular weight is 506 g/mol. The van der Waals surface area contributed by atoms with Gasteiger partial charge in [0.2, 0.25) is 0 Å². The van der Waals surface area contributed by atoms with E-state index >= 15 is 0 Å². The highest BCUT2D eigenvalue weighted by Gasteiger charge is 2.40. The van der Waals surface area contributed by atoms with Gasteiger partial charge in [0.05, 0.1) is 25.4 Å². The minimum Gasteiger partial charge on any atom is -0.496 e. The van der Waals surface area contributed by atoms with Gasteiger partial charge in [-0.05, 0) is 79.6 Å². The van der Waals surface area contributed by atoms with Gasteiger partial charge in [-0.1, -0.05) is 12.1 Å². The van der Waals surface area contributed by atoms with E-state index in [1.165, 1.54) is 24.5 Å². The fourth-order valence-corrected chi connectivity index (χ4v) is 5.19. The van der Waals surface area contributed by atoms with Crippen LogP contribution in [0.3, 0.4) is 0 Å². The third-order valence-corrected chi connectivity index (χ3v) is 7.69. The van der Waals surface area contributed by atoms with E-state index in [9.17, 15) is 13.6 Å². The van der Waals surface area contributed by atoms with E-state index in [0.29, 0.717) is 11.5 Å². The number of halogens is 2. The van der Waals surface area contributed by atoms with Crippen molar-refractivity contribution in [1.29, 1.82) is 0 Å². The number of ether oxygens (including phenoxy) is 2. The van der Waals surface area contributed by atoms with Crippen LogP contribution in [-0.2, 0) is 11.3 Å². The van der Waals surface area contributed by atoms with Crippen LogP contribution < -0.4 is 9.64 Å². The van der Waals surface area contributed by atoms with Crippen molar-refractivity contribution in [3.05, 3.63) is 77.0 Å². The Kier molecular flexibility index (Phi) is 5.97. The van der Waals surface area contributed by atoms with Crippen LogP contribution in [0.25, 0.3) is 11.1 Å². The SMILES string of the molecule is COc1ccc(C2CC2)cc1-c1ccc(N2CCC2)nc1CN1C(=O)O[C@H](c2ccc(F)c(F)c2)[C@@H]1C. The number of amides is 1. The summed E-state index contributed by atoms with van der Waals surface area (Å²) in [7, 11) is 1.66. The number of benzene rings is 2. The second-order valence-electron chi connectivity index (χ2n) is 10.1. The molecular weight excluding hydrogens is 476 g/mol. The van der Waals surface area contributed by atoms with Gasteiger partial charge in [0.15, 0.2) is 11.6 Å². The molecule has 2 atom stereocenters. The van der Waals surface area contributed by atoms with Gasteiger partial charge < -0.3 is 14.4 Å². The van der Waals surface area contributed by atoms with Gasteiger partial charge in [0.1, 0.15) is 17.7 Å². The summed E-state index contributed by atoms with van der Waals surface area (Å²) in [6.07, 6.45) is 2.28. The summed E-state index contributed by atoms with van der Waals surface area (Å²) in [6.45, 7) is 3.97. The fraction of sp³-hybridized carbons (Fsp3) is 0.379. The van der Waals surface area contributed by atoms with Gasteiger partial charge in [-0.25, -0.2) is 18.6 Å². The second-order valence-corrected chi connectivity index (χ2v) is 10.1. The minimum atomic E-state index is -0.965. The van der Waals surface area contributed by atoms with Gasteiger partial charge in [-0.15, -0.1) is 0 Å². The molecule has 6 rings (SSSR count). The first-order valence-corrected chi connectivity index (χ1v) is 12.8. The molecule has 1 saturated carbocycles. The van der Waals surface area contributed by atoms with E-state index in [1.54, 1.807) is 12.0 Å². The summed E-state index contributed by atoms with van der Waals surface area (Å²) in [5.74, 6) is 0.303. The second kappa shape index (κ2) is 9.32. The maximum atomic E-state index is 13.9. The number of anilines is 1. The van der Waals surface area contributed by atoms with Crippen molar-refractivity contribution in [2.75, 3.05) is 25.1 Å². The lowest BCUT2D eigenvalue weighted by atomic mass is 9.97. The average Bonchev–Trinajstić information content (AvgIpc) is 3.67. The van der Waals surface area contributed by atoms with E-state index in [1.807, 2.05) is 19.1 Å². The zero-order valence-corrected chi connectivity index (χ0v) is 20.9. The van der Waals surface area contributed by atoms with Crippen molar-refractivity contribution < 1.29 is 23.0 Å². The Morgan fingerprint density at radius 3 is 2.46 bits per heavy atom. The Balaban J connectivity index is 1.37. The zero-order valence-electron chi connectivity index (χ0n) is 20.9. The Morgan fingerprint density at radius 1 is 1.00 bits per heavy atom. The first-order valence-electron chi connectivity index (χ1n) is 12.8. The van der Waals surface area contributed by atoms with Crippen LogP contribution in [0, 0.1) is 11.6 Å². The van der Waals surface area contributed by atoms with E-state index in [0.717, 1.165) is 60.0 Å². The number of aromatic nitrogens is 1.